The summed E-state index contributed by atoms with van der Waals surface area (Å²) in [6.45, 7) is 6.09. The number of carbonyl (C=O) groups excluding carboxylic acids is 1. The Hall–Kier alpha value is -2.47. The van der Waals surface area contributed by atoms with Crippen molar-refractivity contribution in [2.24, 2.45) is 0 Å². The van der Waals surface area contributed by atoms with E-state index in [4.69, 9.17) is 0 Å². The van der Waals surface area contributed by atoms with Gasteiger partial charge in [0.1, 0.15) is 0 Å². The smallest absolute Gasteiger partial charge is 0.214 e. The van der Waals surface area contributed by atoms with Crippen LogP contribution in [0.1, 0.15) is 27.0 Å². The van der Waals surface area contributed by atoms with Gasteiger partial charge in [0.15, 0.2) is 5.78 Å². The molecule has 5 nitrogen and oxygen atoms in total. The van der Waals surface area contributed by atoms with Crippen LogP contribution in [0.4, 0.5) is 0 Å². The van der Waals surface area contributed by atoms with Crippen LogP contribution in [-0.4, -0.2) is 31.7 Å². The van der Waals surface area contributed by atoms with Crippen LogP contribution in [0, 0.1) is 20.8 Å². The van der Waals surface area contributed by atoms with E-state index in [1.807, 2.05) is 50.2 Å². The number of ketones is 1. The van der Waals surface area contributed by atoms with Crippen LogP contribution in [0.3, 0.4) is 0 Å². The first-order chi connectivity index (χ1) is 11.6. The van der Waals surface area contributed by atoms with Crippen molar-refractivity contribution >= 4 is 17.5 Å². The summed E-state index contributed by atoms with van der Waals surface area (Å²) in [4.78, 5) is 12.3. The first-order valence-electron chi connectivity index (χ1n) is 7.64. The predicted octanol–water partition coefficient (Wildman–Crippen LogP) is 3.56. The standard InChI is InChI=1S/C18H18N4OS/c1-12-7-9-15(10-8-12)17(23)11-24-18-19-20-21-22(18)16-6-4-5-13(2)14(16)3/h4-10H,11H2,1-3H3. The Morgan fingerprint density at radius 2 is 1.83 bits per heavy atom. The van der Waals surface area contributed by atoms with Gasteiger partial charge in [-0.05, 0) is 48.4 Å². The lowest BCUT2D eigenvalue weighted by Crippen LogP contribution is -2.06. The summed E-state index contributed by atoms with van der Waals surface area (Å²) in [5, 5.41) is 12.5. The molecule has 0 aliphatic carbocycles. The van der Waals surface area contributed by atoms with Gasteiger partial charge in [0.05, 0.1) is 11.4 Å². The molecule has 0 aliphatic heterocycles. The average molecular weight is 338 g/mol. The topological polar surface area (TPSA) is 60.7 Å². The van der Waals surface area contributed by atoms with E-state index in [1.54, 1.807) is 4.68 Å². The van der Waals surface area contributed by atoms with Gasteiger partial charge in [-0.2, -0.15) is 4.68 Å². The number of carbonyl (C=O) groups is 1. The van der Waals surface area contributed by atoms with Crippen molar-refractivity contribution in [3.63, 3.8) is 0 Å². The van der Waals surface area contributed by atoms with E-state index in [9.17, 15) is 4.79 Å². The fourth-order valence-electron chi connectivity index (χ4n) is 2.34. The van der Waals surface area contributed by atoms with Gasteiger partial charge in [-0.25, -0.2) is 0 Å². The van der Waals surface area contributed by atoms with Gasteiger partial charge in [0.2, 0.25) is 5.16 Å². The van der Waals surface area contributed by atoms with E-state index in [1.165, 1.54) is 17.3 Å². The quantitative estimate of drug-likeness (QED) is 0.526. The fourth-order valence-corrected chi connectivity index (χ4v) is 3.12. The molecule has 3 rings (SSSR count). The van der Waals surface area contributed by atoms with Crippen LogP contribution in [0.2, 0.25) is 0 Å². The van der Waals surface area contributed by atoms with Crippen LogP contribution < -0.4 is 0 Å². The zero-order valence-corrected chi connectivity index (χ0v) is 14.7. The first kappa shape index (κ1) is 16.4. The second kappa shape index (κ2) is 6.97. The molecule has 1 aromatic heterocycles. The Kier molecular flexibility index (Phi) is 4.76. The van der Waals surface area contributed by atoms with Gasteiger partial charge in [0, 0.05) is 5.56 Å². The number of thioether (sulfide) groups is 1. The minimum Gasteiger partial charge on any atom is -0.293 e. The normalized spacial score (nSPS) is 10.8. The molecular formula is C18H18N4OS. The lowest BCUT2D eigenvalue weighted by Gasteiger charge is -2.09. The SMILES string of the molecule is Cc1ccc(C(=O)CSc2nnnn2-c2cccc(C)c2C)cc1. The Balaban J connectivity index is 1.78. The molecule has 0 amide bonds. The third-order valence-corrected chi connectivity index (χ3v) is 4.87. The number of aromatic nitrogens is 4. The van der Waals surface area contributed by atoms with E-state index in [0.29, 0.717) is 16.5 Å². The Morgan fingerprint density at radius 1 is 1.08 bits per heavy atom. The van der Waals surface area contributed by atoms with E-state index in [-0.39, 0.29) is 5.78 Å². The van der Waals surface area contributed by atoms with Gasteiger partial charge in [-0.3, -0.25) is 4.79 Å². The van der Waals surface area contributed by atoms with Crippen LogP contribution in [-0.2, 0) is 0 Å². The maximum atomic E-state index is 12.3. The van der Waals surface area contributed by atoms with Gasteiger partial charge >= 0.3 is 0 Å². The maximum absolute atomic E-state index is 12.3. The van der Waals surface area contributed by atoms with Crippen molar-refractivity contribution in [2.45, 2.75) is 25.9 Å². The molecule has 1 heterocycles. The Labute approximate surface area is 145 Å². The lowest BCUT2D eigenvalue weighted by molar-refractivity contribution is 0.102. The number of aryl methyl sites for hydroxylation is 2. The largest absolute Gasteiger partial charge is 0.293 e. The molecule has 3 aromatic rings. The second-order valence-corrected chi connectivity index (χ2v) is 6.61. The number of rotatable bonds is 5. The maximum Gasteiger partial charge on any atom is 0.214 e. The third-order valence-electron chi connectivity index (χ3n) is 3.95. The van der Waals surface area contributed by atoms with Crippen molar-refractivity contribution in [2.75, 3.05) is 5.75 Å². The molecular weight excluding hydrogens is 320 g/mol. The van der Waals surface area contributed by atoms with Gasteiger partial charge in [0.25, 0.3) is 0 Å². The summed E-state index contributed by atoms with van der Waals surface area (Å²) < 4.78 is 1.69. The van der Waals surface area contributed by atoms with Crippen molar-refractivity contribution in [3.05, 3.63) is 64.7 Å². The molecule has 0 saturated carbocycles. The highest BCUT2D eigenvalue weighted by molar-refractivity contribution is 7.99. The number of tetrazole rings is 1. The number of benzene rings is 2. The highest BCUT2D eigenvalue weighted by atomic mass is 32.2. The monoisotopic (exact) mass is 338 g/mol. The molecule has 6 heteroatoms. The molecule has 0 atom stereocenters. The Morgan fingerprint density at radius 3 is 2.58 bits per heavy atom. The number of nitrogens with zero attached hydrogens (tertiary/aromatic N) is 4. The molecule has 24 heavy (non-hydrogen) atoms. The fraction of sp³-hybridized carbons (Fsp3) is 0.222. The van der Waals surface area contributed by atoms with E-state index in [0.717, 1.165) is 16.8 Å². The van der Waals surface area contributed by atoms with Crippen molar-refractivity contribution in [3.8, 4) is 5.69 Å². The number of Topliss-reactive ketones (excluding diaryl/α,β-unsaturated/α-hetero) is 1. The minimum absolute atomic E-state index is 0.0653. The van der Waals surface area contributed by atoms with Gasteiger partial charge in [-0.15, -0.1) is 5.10 Å². The van der Waals surface area contributed by atoms with Crippen LogP contribution in [0.25, 0.3) is 5.69 Å². The highest BCUT2D eigenvalue weighted by Crippen LogP contribution is 2.23. The van der Waals surface area contributed by atoms with Crippen molar-refractivity contribution in [1.82, 2.24) is 20.2 Å². The van der Waals surface area contributed by atoms with E-state index in [2.05, 4.69) is 28.5 Å². The third kappa shape index (κ3) is 3.38. The lowest BCUT2D eigenvalue weighted by atomic mass is 10.1. The van der Waals surface area contributed by atoms with Gasteiger partial charge < -0.3 is 0 Å². The average Bonchev–Trinajstić information content (AvgIpc) is 3.04. The van der Waals surface area contributed by atoms with E-state index >= 15 is 0 Å². The van der Waals surface area contributed by atoms with Crippen molar-refractivity contribution in [1.29, 1.82) is 0 Å². The predicted molar refractivity (Wildman–Crippen MR) is 94.9 cm³/mol. The summed E-state index contributed by atoms with van der Waals surface area (Å²) in [6, 6.07) is 13.6. The summed E-state index contributed by atoms with van der Waals surface area (Å²) in [6.07, 6.45) is 0. The summed E-state index contributed by atoms with van der Waals surface area (Å²) in [7, 11) is 0. The summed E-state index contributed by atoms with van der Waals surface area (Å²) in [5.41, 5.74) is 5.08. The zero-order chi connectivity index (χ0) is 17.1. The van der Waals surface area contributed by atoms with Crippen LogP contribution in [0.15, 0.2) is 47.6 Å². The summed E-state index contributed by atoms with van der Waals surface area (Å²) >= 11 is 1.35. The number of hydrogen-bond acceptors (Lipinski definition) is 5. The molecule has 0 radical (unpaired) electrons. The molecule has 2 aromatic carbocycles. The minimum atomic E-state index is 0.0653. The molecule has 0 fully saturated rings. The molecule has 0 saturated heterocycles. The summed E-state index contributed by atoms with van der Waals surface area (Å²) in [5.74, 6) is 0.365. The molecule has 122 valence electrons. The van der Waals surface area contributed by atoms with Crippen molar-refractivity contribution < 1.29 is 4.79 Å². The number of hydrogen-bond donors (Lipinski definition) is 0. The zero-order valence-electron chi connectivity index (χ0n) is 13.9. The van der Waals surface area contributed by atoms with Crippen LogP contribution >= 0.6 is 11.8 Å². The molecule has 0 spiro atoms. The highest BCUT2D eigenvalue weighted by Gasteiger charge is 2.14. The van der Waals surface area contributed by atoms with Crippen LogP contribution in [0.5, 0.6) is 0 Å². The molecule has 0 N–H and O–H groups in total. The molecule has 0 bridgehead atoms. The molecule has 0 aliphatic rings. The first-order valence-corrected chi connectivity index (χ1v) is 8.62. The van der Waals surface area contributed by atoms with E-state index < -0.39 is 0 Å². The Bertz CT molecular complexity index is 871. The second-order valence-electron chi connectivity index (χ2n) is 5.67. The molecule has 0 unspecified atom stereocenters. The van der Waals surface area contributed by atoms with Gasteiger partial charge in [-0.1, -0.05) is 53.7 Å².